The predicted molar refractivity (Wildman–Crippen MR) is 123 cm³/mol. The Bertz CT molecular complexity index is 754. The number of nitrogens with one attached hydrogen (secondary N) is 4. The first kappa shape index (κ1) is 28.5. The summed E-state index contributed by atoms with van der Waals surface area (Å²) in [5, 5.41) is 11.9. The van der Waals surface area contributed by atoms with Crippen molar-refractivity contribution >= 4 is 10.4 Å². The SMILES string of the molecule is CC1CCC(CNC2NC(OCC(F)(F)F)NC(N3CCN([S+](=O)([O-])C4CCC(F)CC4)CC3)N2)O1. The lowest BCUT2D eigenvalue weighted by Crippen LogP contribution is -2.76. The Hall–Kier alpha value is -0.490. The number of nitrogens with zero attached hydrogens (tertiary/aromatic N) is 2. The van der Waals surface area contributed by atoms with E-state index >= 15 is 0 Å². The molecule has 3 heterocycles. The molecule has 0 radical (unpaired) electrons. The van der Waals surface area contributed by atoms with Crippen molar-refractivity contribution in [2.75, 3.05) is 39.3 Å². The number of hydrogen-bond acceptors (Lipinski definition) is 9. The maximum absolute atomic E-state index is 13.5. The minimum absolute atomic E-state index is 0.0210. The molecule has 0 spiro atoms. The first-order chi connectivity index (χ1) is 17.0. The molecule has 4 aliphatic rings. The maximum Gasteiger partial charge on any atom is 0.411 e. The van der Waals surface area contributed by atoms with Crippen LogP contribution < -0.4 is 21.3 Å². The van der Waals surface area contributed by atoms with Crippen LogP contribution in [0, 0.1) is 0 Å². The van der Waals surface area contributed by atoms with E-state index in [1.165, 1.54) is 4.31 Å². The van der Waals surface area contributed by atoms with Gasteiger partial charge in [0.05, 0.1) is 25.3 Å². The van der Waals surface area contributed by atoms with Gasteiger partial charge in [0.15, 0.2) is 6.35 Å². The van der Waals surface area contributed by atoms with Crippen molar-refractivity contribution in [1.82, 2.24) is 30.5 Å². The van der Waals surface area contributed by atoms with E-state index in [4.69, 9.17) is 9.47 Å². The molecule has 6 unspecified atom stereocenters. The van der Waals surface area contributed by atoms with Gasteiger partial charge >= 0.3 is 6.18 Å². The summed E-state index contributed by atoms with van der Waals surface area (Å²) in [6.07, 6.45) is -4.30. The lowest BCUT2D eigenvalue weighted by molar-refractivity contribution is -0.202. The molecule has 0 bridgehead atoms. The topological polar surface area (TPSA) is 113 Å². The largest absolute Gasteiger partial charge is 0.597 e. The van der Waals surface area contributed by atoms with Crippen molar-refractivity contribution in [2.45, 2.75) is 94.2 Å². The molecule has 3 saturated heterocycles. The zero-order chi connectivity index (χ0) is 25.9. The molecule has 0 aromatic heterocycles. The second-order valence-electron chi connectivity index (χ2n) is 10.1. The van der Waals surface area contributed by atoms with E-state index < -0.39 is 53.5 Å². The first-order valence-corrected chi connectivity index (χ1v) is 14.2. The van der Waals surface area contributed by atoms with E-state index in [0.29, 0.717) is 32.5 Å². The van der Waals surface area contributed by atoms with E-state index in [1.807, 2.05) is 11.8 Å². The highest BCUT2D eigenvalue weighted by atomic mass is 32.3. The molecule has 0 aromatic rings. The molecule has 0 aromatic carbocycles. The van der Waals surface area contributed by atoms with Crippen LogP contribution in [0.4, 0.5) is 17.6 Å². The van der Waals surface area contributed by atoms with Crippen molar-refractivity contribution in [3.05, 3.63) is 0 Å². The van der Waals surface area contributed by atoms with Gasteiger partial charge in [-0.25, -0.2) is 4.39 Å². The zero-order valence-electron chi connectivity index (χ0n) is 20.5. The Morgan fingerprint density at radius 3 is 2.36 bits per heavy atom. The molecular weight excluding hydrogens is 508 g/mol. The van der Waals surface area contributed by atoms with E-state index in [-0.39, 0.29) is 38.1 Å². The summed E-state index contributed by atoms with van der Waals surface area (Å²) in [6.45, 7) is 2.38. The van der Waals surface area contributed by atoms with Crippen molar-refractivity contribution in [3.63, 3.8) is 0 Å². The number of sulfonamides is 1. The van der Waals surface area contributed by atoms with Crippen LogP contribution in [-0.4, -0.2) is 102 Å². The lowest BCUT2D eigenvalue weighted by atomic mass is 9.99. The third-order valence-corrected chi connectivity index (χ3v) is 9.66. The molecule has 1 saturated carbocycles. The van der Waals surface area contributed by atoms with E-state index in [1.54, 1.807) is 0 Å². The molecule has 15 heteroatoms. The van der Waals surface area contributed by atoms with Gasteiger partial charge in [-0.3, -0.25) is 26.2 Å². The molecule has 3 aliphatic heterocycles. The second-order valence-corrected chi connectivity index (χ2v) is 12.3. The van der Waals surface area contributed by atoms with Gasteiger partial charge in [-0.05, 0) is 45.4 Å². The molecule has 4 N–H and O–H groups in total. The van der Waals surface area contributed by atoms with Crippen LogP contribution in [0.15, 0.2) is 0 Å². The molecule has 36 heavy (non-hydrogen) atoms. The maximum atomic E-state index is 13.5. The molecule has 4 rings (SSSR count). The minimum atomic E-state index is -4.47. The van der Waals surface area contributed by atoms with E-state index in [2.05, 4.69) is 21.3 Å². The van der Waals surface area contributed by atoms with Crippen LogP contribution in [0.5, 0.6) is 0 Å². The number of alkyl halides is 4. The highest BCUT2D eigenvalue weighted by Crippen LogP contribution is 2.31. The zero-order valence-corrected chi connectivity index (χ0v) is 21.3. The summed E-state index contributed by atoms with van der Waals surface area (Å²) >= 11 is 0. The third kappa shape index (κ3) is 7.77. The number of halogens is 4. The molecule has 0 amide bonds. The average Bonchev–Trinajstić information content (AvgIpc) is 3.26. The van der Waals surface area contributed by atoms with Crippen LogP contribution >= 0.6 is 0 Å². The summed E-state index contributed by atoms with van der Waals surface area (Å²) in [5.41, 5.74) is 0. The van der Waals surface area contributed by atoms with Crippen LogP contribution in [-0.2, 0) is 24.1 Å². The van der Waals surface area contributed by atoms with Crippen molar-refractivity contribution in [2.24, 2.45) is 0 Å². The first-order valence-electron chi connectivity index (χ1n) is 12.7. The Labute approximate surface area is 210 Å². The van der Waals surface area contributed by atoms with E-state index in [9.17, 15) is 26.3 Å². The molecule has 1 aliphatic carbocycles. The van der Waals surface area contributed by atoms with Crippen LogP contribution in [0.2, 0.25) is 0 Å². The predicted octanol–water partition coefficient (Wildman–Crippen LogP) is 0.799. The highest BCUT2D eigenvalue weighted by molar-refractivity contribution is 7.96. The standard InChI is InChI=1S/C21H38F4N6O4S/c1-14-2-5-16(35-14)12-26-18-27-19(29-20(28-18)34-13-21(23,24)25)30-8-10-31(11-9-30)36(32,33)17-6-3-15(22)4-7-17/h14-20,26-29H,2-13H2,1H3. The van der Waals surface area contributed by atoms with Crippen LogP contribution in [0.25, 0.3) is 0 Å². The van der Waals surface area contributed by atoms with Gasteiger partial charge in [0.2, 0.25) is 0 Å². The summed E-state index contributed by atoms with van der Waals surface area (Å²) < 4.78 is 90.1. The quantitative estimate of drug-likeness (QED) is 0.259. The number of rotatable bonds is 8. The fourth-order valence-electron chi connectivity index (χ4n) is 5.23. The fraction of sp³-hybridized carbons (Fsp3) is 1.00. The van der Waals surface area contributed by atoms with Gasteiger partial charge < -0.3 is 14.0 Å². The van der Waals surface area contributed by atoms with Crippen LogP contribution in [0.3, 0.4) is 0 Å². The van der Waals surface area contributed by atoms with Gasteiger partial charge in [0, 0.05) is 19.6 Å². The molecular formula is C21H38F4N6O4S. The number of piperazine rings is 1. The monoisotopic (exact) mass is 546 g/mol. The Morgan fingerprint density at radius 2 is 1.75 bits per heavy atom. The number of hydrogen-bond donors (Lipinski definition) is 4. The number of ether oxygens (including phenoxy) is 2. The molecule has 210 valence electrons. The summed E-state index contributed by atoms with van der Waals surface area (Å²) in [6, 6.07) is 0. The van der Waals surface area contributed by atoms with Crippen molar-refractivity contribution in [1.29, 1.82) is 0 Å². The molecule has 10 nitrogen and oxygen atoms in total. The third-order valence-electron chi connectivity index (χ3n) is 7.26. The van der Waals surface area contributed by atoms with Gasteiger partial charge in [-0.2, -0.15) is 13.2 Å². The summed E-state index contributed by atoms with van der Waals surface area (Å²) in [7, 11) is -3.52. The van der Waals surface area contributed by atoms with Gasteiger partial charge in [0.25, 0.3) is 0 Å². The highest BCUT2D eigenvalue weighted by Gasteiger charge is 2.42. The van der Waals surface area contributed by atoms with Gasteiger partial charge in [-0.15, -0.1) is 4.31 Å². The summed E-state index contributed by atoms with van der Waals surface area (Å²) in [4.78, 5) is 1.94. The Balaban J connectivity index is 1.32. The van der Waals surface area contributed by atoms with Crippen molar-refractivity contribution in [3.8, 4) is 0 Å². The Kier molecular flexibility index (Phi) is 9.61. The lowest BCUT2D eigenvalue weighted by Gasteiger charge is -2.46. The minimum Gasteiger partial charge on any atom is -0.597 e. The average molecular weight is 547 g/mol. The smallest absolute Gasteiger partial charge is 0.411 e. The summed E-state index contributed by atoms with van der Waals surface area (Å²) in [5.74, 6) is 0. The second kappa shape index (κ2) is 12.1. The van der Waals surface area contributed by atoms with E-state index in [0.717, 1.165) is 12.8 Å². The molecule has 4 fully saturated rings. The fourth-order valence-corrected chi connectivity index (χ4v) is 7.19. The molecule has 6 atom stereocenters. The van der Waals surface area contributed by atoms with Gasteiger partial charge in [-0.1, -0.05) is 4.21 Å². The van der Waals surface area contributed by atoms with Gasteiger partial charge in [0.1, 0.15) is 41.0 Å². The normalized spacial score (nSPS) is 39.2. The van der Waals surface area contributed by atoms with Crippen molar-refractivity contribution < 1.29 is 35.8 Å². The Morgan fingerprint density at radius 1 is 1.06 bits per heavy atom. The van der Waals surface area contributed by atoms with Crippen LogP contribution in [0.1, 0.15) is 45.4 Å².